The van der Waals surface area contributed by atoms with Gasteiger partial charge in [-0.05, 0) is 68.9 Å². The summed E-state index contributed by atoms with van der Waals surface area (Å²) in [6, 6.07) is 12.3. The highest BCUT2D eigenvalue weighted by Gasteiger charge is 2.16. The normalized spacial score (nSPS) is 10.8. The first-order chi connectivity index (χ1) is 14.9. The first kappa shape index (κ1) is 20.5. The number of H-pyrrole nitrogens is 1. The predicted molar refractivity (Wildman–Crippen MR) is 117 cm³/mol. The maximum atomic E-state index is 12.7. The minimum atomic E-state index is -0.308. The van der Waals surface area contributed by atoms with E-state index in [4.69, 9.17) is 0 Å². The second-order valence-corrected chi connectivity index (χ2v) is 7.89. The van der Waals surface area contributed by atoms with E-state index in [1.807, 2.05) is 44.2 Å². The first-order valence-corrected chi connectivity index (χ1v) is 10.2. The third-order valence-electron chi connectivity index (χ3n) is 4.42. The van der Waals surface area contributed by atoms with E-state index in [1.165, 1.54) is 34.8 Å². The third kappa shape index (κ3) is 4.69. The highest BCUT2D eigenvalue weighted by Crippen LogP contribution is 2.26. The fourth-order valence-corrected chi connectivity index (χ4v) is 3.83. The topological polar surface area (TPSA) is 118 Å². The molecule has 0 radical (unpaired) electrons. The summed E-state index contributed by atoms with van der Waals surface area (Å²) in [6.07, 6.45) is 1.47. The Morgan fingerprint density at radius 1 is 1.03 bits per heavy atom. The van der Waals surface area contributed by atoms with Crippen LogP contribution >= 0.6 is 11.8 Å². The molecule has 0 saturated heterocycles. The van der Waals surface area contributed by atoms with Crippen LogP contribution in [0.15, 0.2) is 63.5 Å². The maximum Gasteiger partial charge on any atom is 0.264 e. The first-order valence-electron chi connectivity index (χ1n) is 9.41. The van der Waals surface area contributed by atoms with Crippen molar-refractivity contribution in [2.24, 2.45) is 0 Å². The van der Waals surface area contributed by atoms with Gasteiger partial charge < -0.3 is 5.32 Å². The molecule has 1 amide bonds. The smallest absolute Gasteiger partial charge is 0.264 e. The van der Waals surface area contributed by atoms with Gasteiger partial charge in [-0.3, -0.25) is 9.59 Å². The average Bonchev–Trinajstić information content (AvgIpc) is 3.11. The van der Waals surface area contributed by atoms with Gasteiger partial charge in [-0.15, -0.1) is 0 Å². The number of amides is 1. The molecule has 1 aromatic carbocycles. The van der Waals surface area contributed by atoms with Crippen LogP contribution in [-0.4, -0.2) is 35.9 Å². The van der Waals surface area contributed by atoms with E-state index in [9.17, 15) is 9.59 Å². The van der Waals surface area contributed by atoms with Gasteiger partial charge in [0.2, 0.25) is 0 Å². The summed E-state index contributed by atoms with van der Waals surface area (Å²) in [7, 11) is 0. The zero-order chi connectivity index (χ0) is 22.0. The summed E-state index contributed by atoms with van der Waals surface area (Å²) in [6.45, 7) is 5.64. The van der Waals surface area contributed by atoms with Crippen LogP contribution in [0.2, 0.25) is 0 Å². The number of anilines is 1. The van der Waals surface area contributed by atoms with E-state index in [0.717, 1.165) is 16.3 Å². The third-order valence-corrected chi connectivity index (χ3v) is 5.29. The van der Waals surface area contributed by atoms with Gasteiger partial charge in [0.05, 0.1) is 17.5 Å². The number of nitrogens with zero attached hydrogens (tertiary/aromatic N) is 5. The highest BCUT2D eigenvalue weighted by atomic mass is 32.2. The Balaban J connectivity index is 1.46. The Hall–Kier alpha value is -3.79. The van der Waals surface area contributed by atoms with Crippen LogP contribution in [0.4, 0.5) is 5.69 Å². The van der Waals surface area contributed by atoms with Crippen LogP contribution in [0.1, 0.15) is 27.4 Å². The standard InChI is InChI=1S/C21H19N7O2S/c1-12-10-13(2)24-21(23-12)31-16-6-4-15(5-7-16)25-20(30)17-11-22-28(14(17)3)18-8-9-19(29)27-26-18/h4-11H,1-3H3,(H,25,30)(H,27,29). The van der Waals surface area contributed by atoms with Gasteiger partial charge in [0, 0.05) is 28.0 Å². The quantitative estimate of drug-likeness (QED) is 0.464. The fourth-order valence-electron chi connectivity index (χ4n) is 2.97. The van der Waals surface area contributed by atoms with E-state index >= 15 is 0 Å². The van der Waals surface area contributed by atoms with Gasteiger partial charge in [-0.2, -0.15) is 10.2 Å². The van der Waals surface area contributed by atoms with Crippen molar-refractivity contribution in [3.8, 4) is 5.82 Å². The number of nitrogens with one attached hydrogen (secondary N) is 2. The predicted octanol–water partition coefficient (Wildman–Crippen LogP) is 3.07. The summed E-state index contributed by atoms with van der Waals surface area (Å²) in [4.78, 5) is 33.7. The van der Waals surface area contributed by atoms with Crippen LogP contribution in [0.25, 0.3) is 5.82 Å². The van der Waals surface area contributed by atoms with Crippen molar-refractivity contribution in [3.63, 3.8) is 0 Å². The van der Waals surface area contributed by atoms with Crippen molar-refractivity contribution in [3.05, 3.63) is 81.7 Å². The summed E-state index contributed by atoms with van der Waals surface area (Å²) in [5.41, 5.74) is 3.22. The number of aromatic nitrogens is 6. The maximum absolute atomic E-state index is 12.7. The second-order valence-electron chi connectivity index (χ2n) is 6.85. The van der Waals surface area contributed by atoms with Crippen LogP contribution in [0.5, 0.6) is 0 Å². The van der Waals surface area contributed by atoms with E-state index in [2.05, 4.69) is 30.6 Å². The molecule has 4 rings (SSSR count). The molecule has 0 spiro atoms. The van der Waals surface area contributed by atoms with Crippen molar-refractivity contribution in [1.29, 1.82) is 0 Å². The molecule has 0 unspecified atom stereocenters. The Morgan fingerprint density at radius 2 is 1.74 bits per heavy atom. The van der Waals surface area contributed by atoms with Crippen LogP contribution in [0.3, 0.4) is 0 Å². The zero-order valence-electron chi connectivity index (χ0n) is 17.1. The van der Waals surface area contributed by atoms with E-state index in [-0.39, 0.29) is 11.5 Å². The molecule has 0 aliphatic heterocycles. The van der Waals surface area contributed by atoms with Gasteiger partial charge in [0.1, 0.15) is 0 Å². The molecular weight excluding hydrogens is 414 g/mol. The number of aryl methyl sites for hydroxylation is 2. The summed E-state index contributed by atoms with van der Waals surface area (Å²) < 4.78 is 1.49. The molecule has 31 heavy (non-hydrogen) atoms. The van der Waals surface area contributed by atoms with Gasteiger partial charge >= 0.3 is 0 Å². The molecule has 2 N–H and O–H groups in total. The summed E-state index contributed by atoms with van der Waals surface area (Å²) >= 11 is 1.46. The lowest BCUT2D eigenvalue weighted by molar-refractivity contribution is 0.102. The molecule has 0 bridgehead atoms. The molecule has 0 fully saturated rings. The molecule has 156 valence electrons. The van der Waals surface area contributed by atoms with Crippen molar-refractivity contribution in [1.82, 2.24) is 29.9 Å². The average molecular weight is 433 g/mol. The van der Waals surface area contributed by atoms with Crippen molar-refractivity contribution >= 4 is 23.4 Å². The zero-order valence-corrected chi connectivity index (χ0v) is 17.9. The lowest BCUT2D eigenvalue weighted by atomic mass is 10.2. The summed E-state index contributed by atoms with van der Waals surface area (Å²) in [5.74, 6) is 0.136. The molecule has 4 aromatic rings. The Labute approximate surface area is 182 Å². The number of hydrogen-bond acceptors (Lipinski definition) is 7. The number of carbonyl (C=O) groups is 1. The number of benzene rings is 1. The molecule has 0 aliphatic carbocycles. The van der Waals surface area contributed by atoms with E-state index < -0.39 is 0 Å². The largest absolute Gasteiger partial charge is 0.322 e. The van der Waals surface area contributed by atoms with E-state index in [0.29, 0.717) is 27.9 Å². The molecule has 3 aromatic heterocycles. The fraction of sp³-hybridized carbons (Fsp3) is 0.143. The summed E-state index contributed by atoms with van der Waals surface area (Å²) in [5, 5.41) is 14.1. The molecule has 3 heterocycles. The van der Waals surface area contributed by atoms with Gasteiger partial charge in [0.15, 0.2) is 11.0 Å². The van der Waals surface area contributed by atoms with Crippen LogP contribution in [-0.2, 0) is 0 Å². The Bertz CT molecular complexity index is 1270. The number of aromatic amines is 1. The number of rotatable bonds is 5. The molecular formula is C21H19N7O2S. The molecule has 0 atom stereocenters. The van der Waals surface area contributed by atoms with Gasteiger partial charge in [-0.1, -0.05) is 0 Å². The van der Waals surface area contributed by atoms with Crippen molar-refractivity contribution in [2.75, 3.05) is 5.32 Å². The number of hydrogen-bond donors (Lipinski definition) is 2. The lowest BCUT2D eigenvalue weighted by Gasteiger charge is -2.07. The number of carbonyl (C=O) groups excluding carboxylic acids is 1. The lowest BCUT2D eigenvalue weighted by Crippen LogP contribution is -2.14. The van der Waals surface area contributed by atoms with Crippen LogP contribution in [0, 0.1) is 20.8 Å². The van der Waals surface area contributed by atoms with Crippen molar-refractivity contribution < 1.29 is 4.79 Å². The van der Waals surface area contributed by atoms with Gasteiger partial charge in [-0.25, -0.2) is 19.7 Å². The van der Waals surface area contributed by atoms with Gasteiger partial charge in [0.25, 0.3) is 11.5 Å². The van der Waals surface area contributed by atoms with E-state index in [1.54, 1.807) is 6.92 Å². The SMILES string of the molecule is Cc1cc(C)nc(Sc2ccc(NC(=O)c3cnn(-c4ccc(=O)[nH]n4)c3C)cc2)n1. The molecule has 10 heteroatoms. The molecule has 0 saturated carbocycles. The minimum Gasteiger partial charge on any atom is -0.322 e. The van der Waals surface area contributed by atoms with Crippen LogP contribution < -0.4 is 10.9 Å². The van der Waals surface area contributed by atoms with Crippen molar-refractivity contribution in [2.45, 2.75) is 30.8 Å². The monoisotopic (exact) mass is 433 g/mol. The Kier molecular flexibility index (Phi) is 5.63. The molecule has 0 aliphatic rings. The molecule has 9 nitrogen and oxygen atoms in total. The second kappa shape index (κ2) is 8.52. The Morgan fingerprint density at radius 3 is 2.39 bits per heavy atom. The minimum absolute atomic E-state index is 0.286. The highest BCUT2D eigenvalue weighted by molar-refractivity contribution is 7.99.